The Hall–Kier alpha value is -2.52. The number of benzene rings is 2. The first-order valence-electron chi connectivity index (χ1n) is 8.78. The number of halogens is 2. The number of rotatable bonds is 7. The predicted molar refractivity (Wildman–Crippen MR) is 99.6 cm³/mol. The molecule has 2 aromatic carbocycles. The van der Waals surface area contributed by atoms with Crippen molar-refractivity contribution < 1.29 is 26.7 Å². The lowest BCUT2D eigenvalue weighted by Gasteiger charge is -2.17. The molecule has 1 saturated heterocycles. The summed E-state index contributed by atoms with van der Waals surface area (Å²) in [6.45, 7) is 2.72. The van der Waals surface area contributed by atoms with Gasteiger partial charge in [-0.05, 0) is 49.2 Å². The van der Waals surface area contributed by atoms with Crippen molar-refractivity contribution in [3.63, 3.8) is 0 Å². The molecule has 150 valence electrons. The maximum absolute atomic E-state index is 13.7. The largest absolute Gasteiger partial charge is 0.494 e. The topological polar surface area (TPSA) is 75.7 Å². The van der Waals surface area contributed by atoms with Crippen LogP contribution in [0.4, 0.5) is 14.5 Å². The summed E-state index contributed by atoms with van der Waals surface area (Å²) in [5, 5.41) is 0. The van der Waals surface area contributed by atoms with Gasteiger partial charge in [0.15, 0.2) is 0 Å². The van der Waals surface area contributed by atoms with Crippen molar-refractivity contribution in [3.8, 4) is 5.75 Å². The van der Waals surface area contributed by atoms with Crippen LogP contribution in [0.2, 0.25) is 0 Å². The molecule has 1 atom stereocenters. The molecule has 0 bridgehead atoms. The molecule has 1 N–H and O–H groups in total. The fraction of sp³-hybridized carbons (Fsp3) is 0.316. The molecular formula is C19H20F2N2O4S. The van der Waals surface area contributed by atoms with Crippen LogP contribution >= 0.6 is 0 Å². The molecule has 6 nitrogen and oxygen atoms in total. The molecule has 28 heavy (non-hydrogen) atoms. The van der Waals surface area contributed by atoms with E-state index in [1.54, 1.807) is 29.2 Å². The Balaban J connectivity index is 1.64. The van der Waals surface area contributed by atoms with Crippen LogP contribution in [-0.4, -0.2) is 34.0 Å². The molecule has 0 radical (unpaired) electrons. The van der Waals surface area contributed by atoms with Gasteiger partial charge in [0.1, 0.15) is 22.3 Å². The highest BCUT2D eigenvalue weighted by Gasteiger charge is 2.32. The molecule has 1 fully saturated rings. The number of sulfonamides is 1. The first-order valence-corrected chi connectivity index (χ1v) is 10.3. The van der Waals surface area contributed by atoms with Crippen molar-refractivity contribution in [1.82, 2.24) is 4.72 Å². The Labute approximate surface area is 162 Å². The average molecular weight is 410 g/mol. The van der Waals surface area contributed by atoms with Crippen LogP contribution in [-0.2, 0) is 14.8 Å². The number of hydrogen-bond acceptors (Lipinski definition) is 4. The smallest absolute Gasteiger partial charge is 0.243 e. The average Bonchev–Trinajstić information content (AvgIpc) is 3.01. The lowest BCUT2D eigenvalue weighted by Crippen LogP contribution is -2.31. The number of nitrogens with zero attached hydrogens (tertiary/aromatic N) is 1. The molecule has 2 aromatic rings. The van der Waals surface area contributed by atoms with E-state index in [2.05, 4.69) is 4.72 Å². The Bertz CT molecular complexity index is 964. The lowest BCUT2D eigenvalue weighted by molar-refractivity contribution is -0.117. The van der Waals surface area contributed by atoms with Crippen molar-refractivity contribution in [1.29, 1.82) is 0 Å². The van der Waals surface area contributed by atoms with Gasteiger partial charge in [0.25, 0.3) is 0 Å². The van der Waals surface area contributed by atoms with Gasteiger partial charge in [0, 0.05) is 31.3 Å². The SMILES string of the molecule is CCOc1ccc(N2C[C@H](CNS(=O)(=O)c3ccc(F)cc3F)CC2=O)cc1. The zero-order chi connectivity index (χ0) is 20.3. The molecule has 0 unspecified atom stereocenters. The molecule has 1 heterocycles. The van der Waals surface area contributed by atoms with E-state index in [0.29, 0.717) is 30.7 Å². The van der Waals surface area contributed by atoms with E-state index in [1.165, 1.54) is 0 Å². The summed E-state index contributed by atoms with van der Waals surface area (Å²) in [5.41, 5.74) is 0.698. The first kappa shape index (κ1) is 20.2. The van der Waals surface area contributed by atoms with Crippen molar-refractivity contribution in [2.45, 2.75) is 18.2 Å². The summed E-state index contributed by atoms with van der Waals surface area (Å²) in [6, 6.07) is 9.33. The van der Waals surface area contributed by atoms with Crippen LogP contribution < -0.4 is 14.4 Å². The number of ether oxygens (including phenoxy) is 1. The second-order valence-electron chi connectivity index (χ2n) is 6.43. The number of nitrogens with one attached hydrogen (secondary N) is 1. The molecule has 0 saturated carbocycles. The van der Waals surface area contributed by atoms with Gasteiger partial charge in [-0.1, -0.05) is 0 Å². The zero-order valence-electron chi connectivity index (χ0n) is 15.2. The monoisotopic (exact) mass is 410 g/mol. The van der Waals surface area contributed by atoms with Gasteiger partial charge < -0.3 is 9.64 Å². The molecule has 0 aromatic heterocycles. The predicted octanol–water partition coefficient (Wildman–Crippen LogP) is 2.69. The van der Waals surface area contributed by atoms with Crippen LogP contribution in [0.1, 0.15) is 13.3 Å². The highest BCUT2D eigenvalue weighted by atomic mass is 32.2. The minimum atomic E-state index is -4.14. The quantitative estimate of drug-likeness (QED) is 0.762. The lowest BCUT2D eigenvalue weighted by atomic mass is 10.1. The zero-order valence-corrected chi connectivity index (χ0v) is 16.0. The maximum Gasteiger partial charge on any atom is 0.243 e. The van der Waals surface area contributed by atoms with Crippen LogP contribution in [0, 0.1) is 17.6 Å². The van der Waals surface area contributed by atoms with Gasteiger partial charge in [0.2, 0.25) is 15.9 Å². The summed E-state index contributed by atoms with van der Waals surface area (Å²) in [7, 11) is -4.14. The Morgan fingerprint density at radius 1 is 1.18 bits per heavy atom. The highest BCUT2D eigenvalue weighted by Crippen LogP contribution is 2.27. The van der Waals surface area contributed by atoms with Crippen molar-refractivity contribution in [2.75, 3.05) is 24.6 Å². The summed E-state index contributed by atoms with van der Waals surface area (Å²) < 4.78 is 58.9. The summed E-state index contributed by atoms with van der Waals surface area (Å²) in [5.74, 6) is -1.71. The van der Waals surface area contributed by atoms with Crippen molar-refractivity contribution >= 4 is 21.6 Å². The number of amides is 1. The third-order valence-corrected chi connectivity index (χ3v) is 5.87. The van der Waals surface area contributed by atoms with Gasteiger partial charge in [-0.15, -0.1) is 0 Å². The summed E-state index contributed by atoms with van der Waals surface area (Å²) >= 11 is 0. The molecule has 1 amide bonds. The standard InChI is InChI=1S/C19H20F2N2O4S/c1-2-27-16-6-4-15(5-7-16)23-12-13(9-19(23)24)11-22-28(25,26)18-8-3-14(20)10-17(18)21/h3-8,10,13,22H,2,9,11-12H2,1H3/t13-/m0/s1. The van der Waals surface area contributed by atoms with E-state index >= 15 is 0 Å². The number of carbonyl (C=O) groups excluding carboxylic acids is 1. The third-order valence-electron chi connectivity index (χ3n) is 4.41. The fourth-order valence-corrected chi connectivity index (χ4v) is 4.23. The highest BCUT2D eigenvalue weighted by molar-refractivity contribution is 7.89. The Kier molecular flexibility index (Phi) is 5.95. The Morgan fingerprint density at radius 3 is 2.54 bits per heavy atom. The number of hydrogen-bond donors (Lipinski definition) is 1. The van der Waals surface area contributed by atoms with Gasteiger partial charge >= 0.3 is 0 Å². The summed E-state index contributed by atoms with van der Waals surface area (Å²) in [4.78, 5) is 13.3. The Morgan fingerprint density at radius 2 is 1.89 bits per heavy atom. The number of carbonyl (C=O) groups is 1. The molecule has 1 aliphatic heterocycles. The molecule has 9 heteroatoms. The van der Waals surface area contributed by atoms with Crippen molar-refractivity contribution in [2.24, 2.45) is 5.92 Å². The second-order valence-corrected chi connectivity index (χ2v) is 8.16. The van der Waals surface area contributed by atoms with Gasteiger partial charge in [-0.25, -0.2) is 21.9 Å². The first-order chi connectivity index (χ1) is 13.3. The van der Waals surface area contributed by atoms with E-state index < -0.39 is 26.6 Å². The maximum atomic E-state index is 13.7. The van der Waals surface area contributed by atoms with E-state index in [9.17, 15) is 22.0 Å². The van der Waals surface area contributed by atoms with E-state index in [1.807, 2.05) is 6.92 Å². The molecule has 1 aliphatic rings. The van der Waals surface area contributed by atoms with E-state index in [0.717, 1.165) is 12.1 Å². The van der Waals surface area contributed by atoms with Crippen LogP contribution in [0.15, 0.2) is 47.4 Å². The molecule has 0 aliphatic carbocycles. The third kappa shape index (κ3) is 4.48. The molecular weight excluding hydrogens is 390 g/mol. The molecule has 0 spiro atoms. The minimum absolute atomic E-state index is 0.0293. The fourth-order valence-electron chi connectivity index (χ4n) is 3.06. The minimum Gasteiger partial charge on any atom is -0.494 e. The van der Waals surface area contributed by atoms with Gasteiger partial charge in [-0.3, -0.25) is 4.79 Å². The van der Waals surface area contributed by atoms with E-state index in [-0.39, 0.29) is 24.8 Å². The second kappa shape index (κ2) is 8.24. The van der Waals surface area contributed by atoms with E-state index in [4.69, 9.17) is 4.74 Å². The van der Waals surface area contributed by atoms with Crippen LogP contribution in [0.5, 0.6) is 5.75 Å². The summed E-state index contributed by atoms with van der Waals surface area (Å²) in [6.07, 6.45) is 0.168. The van der Waals surface area contributed by atoms with Gasteiger partial charge in [-0.2, -0.15) is 0 Å². The van der Waals surface area contributed by atoms with Crippen LogP contribution in [0.25, 0.3) is 0 Å². The van der Waals surface area contributed by atoms with Gasteiger partial charge in [0.05, 0.1) is 6.61 Å². The molecule has 3 rings (SSSR count). The van der Waals surface area contributed by atoms with Crippen molar-refractivity contribution in [3.05, 3.63) is 54.1 Å². The normalized spacial score (nSPS) is 17.2. The number of anilines is 1. The van der Waals surface area contributed by atoms with Crippen LogP contribution in [0.3, 0.4) is 0 Å².